The molecule has 0 unspecified atom stereocenters. The molecule has 1 heterocycles. The molecule has 1 fully saturated rings. The third-order valence-corrected chi connectivity index (χ3v) is 4.41. The number of ether oxygens (including phenoxy) is 1. The highest BCUT2D eigenvalue weighted by Crippen LogP contribution is 2.23. The number of nitrogens with zero attached hydrogens (tertiary/aromatic N) is 1. The monoisotopic (exact) mass is 319 g/mol. The number of nitrogens with one attached hydrogen (secondary N) is 1. The molecule has 2 rings (SSSR count). The van der Waals surface area contributed by atoms with Crippen LogP contribution in [0.2, 0.25) is 0 Å². The summed E-state index contributed by atoms with van der Waals surface area (Å²) < 4.78 is 5.15. The number of nitrogens with two attached hydrogens (primary N) is 1. The van der Waals surface area contributed by atoms with E-state index in [4.69, 9.17) is 10.5 Å². The van der Waals surface area contributed by atoms with Crippen molar-refractivity contribution in [3.63, 3.8) is 0 Å². The van der Waals surface area contributed by atoms with Gasteiger partial charge in [0.15, 0.2) is 5.76 Å². The van der Waals surface area contributed by atoms with Gasteiger partial charge in [0.2, 0.25) is 0 Å². The van der Waals surface area contributed by atoms with Gasteiger partial charge in [-0.2, -0.15) is 0 Å². The van der Waals surface area contributed by atoms with Crippen LogP contribution in [0.5, 0.6) is 0 Å². The molecule has 0 aromatic heterocycles. The molecule has 0 spiro atoms. The highest BCUT2D eigenvalue weighted by Gasteiger charge is 2.21. The summed E-state index contributed by atoms with van der Waals surface area (Å²) in [6.07, 6.45) is 14.4. The Kier molecular flexibility index (Phi) is 7.07. The summed E-state index contributed by atoms with van der Waals surface area (Å²) in [5.74, 6) is 0.944. The molecule has 0 atom stereocenters. The Morgan fingerprint density at radius 2 is 2.13 bits per heavy atom. The first-order chi connectivity index (χ1) is 11.2. The fourth-order valence-electron chi connectivity index (χ4n) is 3.07. The molecule has 1 saturated heterocycles. The Morgan fingerprint density at radius 1 is 1.35 bits per heavy atom. The van der Waals surface area contributed by atoms with E-state index in [0.717, 1.165) is 57.4 Å². The molecule has 23 heavy (non-hydrogen) atoms. The molecule has 2 aliphatic rings. The van der Waals surface area contributed by atoms with Gasteiger partial charge < -0.3 is 25.8 Å². The Morgan fingerprint density at radius 3 is 2.78 bits per heavy atom. The van der Waals surface area contributed by atoms with Crippen LogP contribution >= 0.6 is 0 Å². The third kappa shape index (κ3) is 5.67. The van der Waals surface area contributed by atoms with Gasteiger partial charge in [0.1, 0.15) is 5.76 Å². The summed E-state index contributed by atoms with van der Waals surface area (Å²) in [7, 11) is 1.61. The fraction of sp³-hybridized carbons (Fsp3) is 0.556. The number of likely N-dealkylation sites (tertiary alicyclic amines) is 1. The maximum Gasteiger partial charge on any atom is 0.154 e. The lowest BCUT2D eigenvalue weighted by Crippen LogP contribution is -2.42. The lowest BCUT2D eigenvalue weighted by atomic mass is 10.0. The lowest BCUT2D eigenvalue weighted by molar-refractivity contribution is 0.203. The molecule has 0 bridgehead atoms. The molecular formula is C18H29N3O2. The number of piperidine rings is 1. The lowest BCUT2D eigenvalue weighted by Gasteiger charge is -2.33. The maximum atomic E-state index is 9.88. The van der Waals surface area contributed by atoms with Crippen LogP contribution in [0.3, 0.4) is 0 Å². The minimum Gasteiger partial charge on any atom is -0.504 e. The van der Waals surface area contributed by atoms with E-state index in [1.165, 1.54) is 0 Å². The van der Waals surface area contributed by atoms with Gasteiger partial charge in [-0.05, 0) is 38.0 Å². The molecule has 0 amide bonds. The molecule has 4 N–H and O–H groups in total. The molecule has 0 aromatic rings. The number of allylic oxidation sites excluding steroid dienone is 5. The van der Waals surface area contributed by atoms with Gasteiger partial charge in [0.25, 0.3) is 0 Å². The standard InChI is InChI=1S/C18H29N3O2/c1-23-18-7-6-16(14-17(18)22)20-15-8-12-21(13-9-15)11-5-3-2-4-10-19/h2-4,10,14-15,20,22H,5-9,11-13,19H2,1H3/b3-2-,10-4-. The van der Waals surface area contributed by atoms with Crippen molar-refractivity contribution in [1.82, 2.24) is 10.2 Å². The van der Waals surface area contributed by atoms with Gasteiger partial charge in [-0.15, -0.1) is 0 Å². The third-order valence-electron chi connectivity index (χ3n) is 4.41. The first-order valence-corrected chi connectivity index (χ1v) is 8.42. The second kappa shape index (κ2) is 9.30. The molecular weight excluding hydrogens is 290 g/mol. The highest BCUT2D eigenvalue weighted by molar-refractivity contribution is 5.25. The van der Waals surface area contributed by atoms with E-state index >= 15 is 0 Å². The fourth-order valence-corrected chi connectivity index (χ4v) is 3.07. The predicted octanol–water partition coefficient (Wildman–Crippen LogP) is 2.55. The van der Waals surface area contributed by atoms with Gasteiger partial charge >= 0.3 is 0 Å². The number of aliphatic hydroxyl groups excluding tert-OH is 1. The molecule has 0 saturated carbocycles. The normalized spacial score (nSPS) is 21.2. The van der Waals surface area contributed by atoms with Crippen LogP contribution in [0, 0.1) is 0 Å². The second-order valence-corrected chi connectivity index (χ2v) is 6.04. The molecule has 5 heteroatoms. The predicted molar refractivity (Wildman–Crippen MR) is 93.7 cm³/mol. The average Bonchev–Trinajstić information content (AvgIpc) is 2.56. The molecule has 1 aliphatic carbocycles. The van der Waals surface area contributed by atoms with Crippen molar-refractivity contribution in [3.05, 3.63) is 47.7 Å². The van der Waals surface area contributed by atoms with Crippen molar-refractivity contribution in [2.45, 2.75) is 38.1 Å². The SMILES string of the molecule is COC1=C(O)C=C(NC2CCN(CC/C=C\C=C/N)CC2)CC1. The van der Waals surface area contributed by atoms with Crippen molar-refractivity contribution < 1.29 is 9.84 Å². The summed E-state index contributed by atoms with van der Waals surface area (Å²) in [6.45, 7) is 3.35. The van der Waals surface area contributed by atoms with Crippen LogP contribution in [-0.4, -0.2) is 42.8 Å². The summed E-state index contributed by atoms with van der Waals surface area (Å²) in [5, 5.41) is 13.5. The average molecular weight is 319 g/mol. The quantitative estimate of drug-likeness (QED) is 0.629. The van der Waals surface area contributed by atoms with E-state index in [1.54, 1.807) is 13.3 Å². The van der Waals surface area contributed by atoms with Crippen LogP contribution in [0.15, 0.2) is 47.7 Å². The van der Waals surface area contributed by atoms with E-state index in [1.807, 2.05) is 18.2 Å². The van der Waals surface area contributed by atoms with Crippen molar-refractivity contribution in [3.8, 4) is 0 Å². The van der Waals surface area contributed by atoms with Gasteiger partial charge in [-0.25, -0.2) is 0 Å². The first kappa shape index (κ1) is 17.5. The summed E-state index contributed by atoms with van der Waals surface area (Å²) >= 11 is 0. The Balaban J connectivity index is 1.70. The zero-order chi connectivity index (χ0) is 16.5. The van der Waals surface area contributed by atoms with E-state index in [2.05, 4.69) is 16.3 Å². The van der Waals surface area contributed by atoms with Crippen LogP contribution in [0.4, 0.5) is 0 Å². The van der Waals surface area contributed by atoms with E-state index < -0.39 is 0 Å². The summed E-state index contributed by atoms with van der Waals surface area (Å²) in [4.78, 5) is 2.50. The van der Waals surface area contributed by atoms with Crippen molar-refractivity contribution in [2.24, 2.45) is 5.73 Å². The van der Waals surface area contributed by atoms with Gasteiger partial charge in [0, 0.05) is 43.9 Å². The van der Waals surface area contributed by atoms with Gasteiger partial charge in [0.05, 0.1) is 7.11 Å². The number of methoxy groups -OCH3 is 1. The van der Waals surface area contributed by atoms with Crippen molar-refractivity contribution >= 4 is 0 Å². The largest absolute Gasteiger partial charge is 0.504 e. The number of hydrogen-bond donors (Lipinski definition) is 3. The Labute approximate surface area is 139 Å². The highest BCUT2D eigenvalue weighted by atomic mass is 16.5. The van der Waals surface area contributed by atoms with Crippen molar-refractivity contribution in [1.29, 1.82) is 0 Å². The Bertz CT molecular complexity index is 486. The van der Waals surface area contributed by atoms with Gasteiger partial charge in [-0.1, -0.05) is 12.2 Å². The molecule has 1 aliphatic heterocycles. The van der Waals surface area contributed by atoms with Crippen LogP contribution in [0.25, 0.3) is 0 Å². The number of aliphatic hydroxyl groups is 1. The Hall–Kier alpha value is -1.88. The maximum absolute atomic E-state index is 9.88. The molecule has 0 aromatic carbocycles. The minimum atomic E-state index is 0.261. The first-order valence-electron chi connectivity index (χ1n) is 8.42. The number of rotatable bonds is 7. The van der Waals surface area contributed by atoms with E-state index in [-0.39, 0.29) is 5.76 Å². The van der Waals surface area contributed by atoms with Gasteiger partial charge in [-0.3, -0.25) is 0 Å². The summed E-state index contributed by atoms with van der Waals surface area (Å²) in [5.41, 5.74) is 6.41. The zero-order valence-corrected chi connectivity index (χ0v) is 14.0. The minimum absolute atomic E-state index is 0.261. The van der Waals surface area contributed by atoms with Crippen molar-refractivity contribution in [2.75, 3.05) is 26.7 Å². The number of hydrogen-bond acceptors (Lipinski definition) is 5. The van der Waals surface area contributed by atoms with Crippen LogP contribution in [-0.2, 0) is 4.74 Å². The zero-order valence-electron chi connectivity index (χ0n) is 14.0. The van der Waals surface area contributed by atoms with Crippen LogP contribution < -0.4 is 11.1 Å². The molecule has 128 valence electrons. The topological polar surface area (TPSA) is 70.8 Å². The van der Waals surface area contributed by atoms with Crippen LogP contribution in [0.1, 0.15) is 32.1 Å². The van der Waals surface area contributed by atoms with E-state index in [0.29, 0.717) is 11.8 Å². The van der Waals surface area contributed by atoms with E-state index in [9.17, 15) is 5.11 Å². The summed E-state index contributed by atoms with van der Waals surface area (Å²) in [6, 6.07) is 0.505. The smallest absolute Gasteiger partial charge is 0.154 e. The molecule has 0 radical (unpaired) electrons. The molecule has 5 nitrogen and oxygen atoms in total. The second-order valence-electron chi connectivity index (χ2n) is 6.04.